The molecule has 5 N–H and O–H groups in total. The smallest absolute Gasteiger partial charge is 0.0574 e. The van der Waals surface area contributed by atoms with Gasteiger partial charge in [0.1, 0.15) is 0 Å². The molecule has 0 radical (unpaired) electrons. The van der Waals surface area contributed by atoms with Crippen LogP contribution in [-0.2, 0) is 0 Å². The van der Waals surface area contributed by atoms with Gasteiger partial charge in [-0.3, -0.25) is 4.99 Å². The maximum Gasteiger partial charge on any atom is 0.0574 e. The number of nitrogen functional groups attached to an aromatic ring is 1. The van der Waals surface area contributed by atoms with E-state index in [2.05, 4.69) is 83.7 Å². The molecule has 0 aliphatic heterocycles. The van der Waals surface area contributed by atoms with Crippen molar-refractivity contribution in [3.63, 3.8) is 0 Å². The summed E-state index contributed by atoms with van der Waals surface area (Å²) in [7, 11) is 1.50. The predicted molar refractivity (Wildman–Crippen MR) is 135 cm³/mol. The molecule has 1 aliphatic carbocycles. The van der Waals surface area contributed by atoms with Crippen molar-refractivity contribution in [3.05, 3.63) is 89.5 Å². The first-order valence-corrected chi connectivity index (χ1v) is 10.6. The van der Waals surface area contributed by atoms with E-state index in [0.29, 0.717) is 0 Å². The monoisotopic (exact) mass is 404 g/mol. The Morgan fingerprint density at radius 2 is 1.30 bits per heavy atom. The molecule has 1 aliphatic rings. The Bertz CT molecular complexity index is 852. The maximum atomic E-state index is 5.88. The molecule has 3 rings (SSSR count). The summed E-state index contributed by atoms with van der Waals surface area (Å²) < 4.78 is 0. The molecule has 0 fully saturated rings. The second-order valence-corrected chi connectivity index (χ2v) is 6.13. The number of allylic oxidation sites excluding steroid dienone is 5. The van der Waals surface area contributed by atoms with E-state index in [1.165, 1.54) is 23.8 Å². The van der Waals surface area contributed by atoms with Crippen molar-refractivity contribution in [2.24, 2.45) is 10.7 Å². The van der Waals surface area contributed by atoms with E-state index in [4.69, 9.17) is 5.73 Å². The molecule has 0 saturated carbocycles. The molecule has 4 nitrogen and oxygen atoms in total. The Morgan fingerprint density at radius 3 is 1.77 bits per heavy atom. The number of hydrogen-bond donors (Lipinski definition) is 3. The number of nitrogens with two attached hydrogens (primary N) is 2. The van der Waals surface area contributed by atoms with Gasteiger partial charge in [-0.2, -0.15) is 0 Å². The van der Waals surface area contributed by atoms with Crippen molar-refractivity contribution in [1.29, 1.82) is 0 Å². The third kappa shape index (κ3) is 7.05. The van der Waals surface area contributed by atoms with Crippen molar-refractivity contribution in [2.45, 2.75) is 27.7 Å². The van der Waals surface area contributed by atoms with Crippen LogP contribution in [0.3, 0.4) is 0 Å². The van der Waals surface area contributed by atoms with Crippen LogP contribution in [0.15, 0.2) is 83.4 Å². The topological polar surface area (TPSA) is 76.4 Å². The van der Waals surface area contributed by atoms with E-state index in [1.54, 1.807) is 0 Å². The lowest BCUT2D eigenvalue weighted by molar-refractivity contribution is 1.13. The van der Waals surface area contributed by atoms with Gasteiger partial charge in [-0.15, -0.1) is 0 Å². The van der Waals surface area contributed by atoms with Crippen LogP contribution in [0.25, 0.3) is 5.57 Å². The highest BCUT2D eigenvalue weighted by Gasteiger charge is 2.11. The summed E-state index contributed by atoms with van der Waals surface area (Å²) in [5.41, 5.74) is 18.0. The molecule has 0 atom stereocenters. The number of anilines is 2. The molecule has 0 unspecified atom stereocenters. The van der Waals surface area contributed by atoms with Gasteiger partial charge in [0, 0.05) is 24.5 Å². The quantitative estimate of drug-likeness (QED) is 0.560. The van der Waals surface area contributed by atoms with Crippen LogP contribution in [0.2, 0.25) is 0 Å². The first kappa shape index (κ1) is 24.9. The third-order valence-electron chi connectivity index (χ3n) is 4.25. The second kappa shape index (κ2) is 14.0. The Labute approximate surface area is 182 Å². The lowest BCUT2D eigenvalue weighted by Gasteiger charge is -2.15. The third-order valence-corrected chi connectivity index (χ3v) is 4.25. The van der Waals surface area contributed by atoms with Gasteiger partial charge in [0.15, 0.2) is 0 Å². The number of aliphatic imine (C=N–C) groups is 1. The number of benzene rings is 2. The highest BCUT2D eigenvalue weighted by atomic mass is 14.8. The van der Waals surface area contributed by atoms with Gasteiger partial charge in [-0.05, 0) is 79.6 Å². The Hall–Kier alpha value is -3.11. The van der Waals surface area contributed by atoms with Crippen molar-refractivity contribution < 1.29 is 0 Å². The fourth-order valence-electron chi connectivity index (χ4n) is 3.02. The molecule has 30 heavy (non-hydrogen) atoms. The summed E-state index contributed by atoms with van der Waals surface area (Å²) in [6, 6.07) is 16.6. The normalized spacial score (nSPS) is 11.7. The highest BCUT2D eigenvalue weighted by Crippen LogP contribution is 2.31. The van der Waals surface area contributed by atoms with E-state index in [-0.39, 0.29) is 0 Å². The number of nitrogens with one attached hydrogen (secondary N) is 1. The Balaban J connectivity index is 0.00000106. The average molecular weight is 405 g/mol. The summed E-state index contributed by atoms with van der Waals surface area (Å²) in [6.45, 7) is 9.85. The van der Waals surface area contributed by atoms with Crippen LogP contribution in [0.4, 0.5) is 11.4 Å². The van der Waals surface area contributed by atoms with Gasteiger partial charge in [-0.1, -0.05) is 50.3 Å². The van der Waals surface area contributed by atoms with Crippen LogP contribution in [-0.4, -0.2) is 25.8 Å². The zero-order chi connectivity index (χ0) is 22.4. The minimum absolute atomic E-state index is 0.771. The first-order chi connectivity index (χ1) is 14.7. The molecular weight excluding hydrogens is 368 g/mol. The second-order valence-electron chi connectivity index (χ2n) is 6.13. The minimum Gasteiger partial charge on any atom is -0.399 e. The molecule has 2 aromatic rings. The van der Waals surface area contributed by atoms with Crippen LogP contribution >= 0.6 is 0 Å². The molecule has 0 amide bonds. The summed E-state index contributed by atoms with van der Waals surface area (Å²) >= 11 is 0. The summed E-state index contributed by atoms with van der Waals surface area (Å²) in [6.07, 6.45) is 8.42. The van der Waals surface area contributed by atoms with E-state index >= 15 is 0 Å². The fourth-order valence-corrected chi connectivity index (χ4v) is 3.02. The van der Waals surface area contributed by atoms with Crippen LogP contribution < -0.4 is 16.8 Å². The van der Waals surface area contributed by atoms with Gasteiger partial charge < -0.3 is 16.8 Å². The molecule has 0 heterocycles. The summed E-state index contributed by atoms with van der Waals surface area (Å²) in [5.74, 6) is 0. The molecule has 160 valence electrons. The SMILES string of the molecule is CC.CCN=C1C=CC(=C(c2ccc(N)cc2)c2ccc(NCC)cc2)C=C1.CN. The number of hydrogen-bond acceptors (Lipinski definition) is 4. The van der Waals surface area contributed by atoms with Gasteiger partial charge in [0.05, 0.1) is 5.71 Å². The molecule has 2 aromatic carbocycles. The standard InChI is InChI=1S/C23H25N3.C2H6.CH5N/c1-3-25-21-13-7-18(8-14-21)23(17-5-11-20(24)12-6-17)19-9-15-22(16-10-19)26-4-2;2*1-2/h5-16,25H,3-4,24H2,1-2H3;1-2H3;2H2,1H3. The van der Waals surface area contributed by atoms with Crippen LogP contribution in [0.1, 0.15) is 38.8 Å². The van der Waals surface area contributed by atoms with Gasteiger partial charge in [-0.25, -0.2) is 0 Å². The van der Waals surface area contributed by atoms with Crippen molar-refractivity contribution in [2.75, 3.05) is 31.2 Å². The zero-order valence-electron chi connectivity index (χ0n) is 18.9. The highest BCUT2D eigenvalue weighted by molar-refractivity contribution is 6.07. The molecule has 0 saturated heterocycles. The number of nitrogens with zero attached hydrogens (tertiary/aromatic N) is 1. The average Bonchev–Trinajstić information content (AvgIpc) is 2.81. The minimum atomic E-state index is 0.771. The zero-order valence-corrected chi connectivity index (χ0v) is 18.9. The Kier molecular flexibility index (Phi) is 11.6. The summed E-state index contributed by atoms with van der Waals surface area (Å²) in [5, 5.41) is 3.34. The van der Waals surface area contributed by atoms with E-state index in [9.17, 15) is 0 Å². The van der Waals surface area contributed by atoms with Crippen LogP contribution in [0.5, 0.6) is 0 Å². The van der Waals surface area contributed by atoms with Crippen molar-refractivity contribution in [3.8, 4) is 0 Å². The van der Waals surface area contributed by atoms with Crippen LogP contribution in [0, 0.1) is 0 Å². The largest absolute Gasteiger partial charge is 0.399 e. The molecule has 0 bridgehead atoms. The van der Waals surface area contributed by atoms with Gasteiger partial charge in [0.2, 0.25) is 0 Å². The molecule has 4 heteroatoms. The lowest BCUT2D eigenvalue weighted by atomic mass is 9.90. The predicted octanol–water partition coefficient (Wildman–Crippen LogP) is 5.69. The van der Waals surface area contributed by atoms with Gasteiger partial charge in [0.25, 0.3) is 0 Å². The first-order valence-electron chi connectivity index (χ1n) is 10.6. The summed E-state index contributed by atoms with van der Waals surface area (Å²) in [4.78, 5) is 4.46. The van der Waals surface area contributed by atoms with E-state index in [1.807, 2.05) is 32.9 Å². The van der Waals surface area contributed by atoms with Crippen molar-refractivity contribution >= 4 is 22.7 Å². The van der Waals surface area contributed by atoms with E-state index in [0.717, 1.165) is 35.7 Å². The van der Waals surface area contributed by atoms with E-state index < -0.39 is 0 Å². The molecule has 0 aromatic heterocycles. The maximum absolute atomic E-state index is 5.88. The lowest BCUT2D eigenvalue weighted by Crippen LogP contribution is -2.00. The fraction of sp³-hybridized carbons (Fsp3) is 0.269. The molecule has 0 spiro atoms. The Morgan fingerprint density at radius 1 is 0.800 bits per heavy atom. The number of rotatable bonds is 5. The van der Waals surface area contributed by atoms with Gasteiger partial charge >= 0.3 is 0 Å². The van der Waals surface area contributed by atoms with Crippen molar-refractivity contribution in [1.82, 2.24) is 0 Å². The molecular formula is C26H36N4.